The summed E-state index contributed by atoms with van der Waals surface area (Å²) >= 11 is 0. The number of carbonyl (C=O) groups excluding carboxylic acids is 1. The Kier molecular flexibility index (Phi) is 57.1. The fraction of sp³-hybridized carbons (Fsp3) is 0.964. The molecule has 0 rings (SSSR count). The number of ether oxygens (including phenoxy) is 8. The van der Waals surface area contributed by atoms with Gasteiger partial charge in [0.05, 0.1) is 92.5 Å². The number of methoxy groups -OCH3 is 1. The van der Waals surface area contributed by atoms with Gasteiger partial charge < -0.3 is 43.2 Å². The molecule has 0 unspecified atom stereocenters. The maximum Gasteiger partial charge on any atom is 0.219 e. The van der Waals surface area contributed by atoms with Gasteiger partial charge in [0, 0.05) is 27.2 Å². The van der Waals surface area contributed by atoms with Gasteiger partial charge in [-0.3, -0.25) is 4.79 Å². The maximum atomic E-state index is 11.1. The third-order valence-electron chi connectivity index (χ3n) is 4.14. The summed E-state index contributed by atoms with van der Waals surface area (Å²) in [5.41, 5.74) is 0. The largest absolute Gasteiger partial charge is 0.382 e. The number of carbonyl (C=O) groups is 1. The van der Waals surface area contributed by atoms with E-state index in [1.165, 1.54) is 0 Å². The van der Waals surface area contributed by atoms with Crippen molar-refractivity contribution in [3.05, 3.63) is 0 Å². The van der Waals surface area contributed by atoms with Crippen LogP contribution in [0.5, 0.6) is 0 Å². The van der Waals surface area contributed by atoms with Crippen molar-refractivity contribution in [2.45, 2.75) is 67.2 Å². The quantitative estimate of drug-likeness (QED) is 0.149. The molecule has 0 radical (unpaired) electrons. The summed E-state index contributed by atoms with van der Waals surface area (Å²) in [6, 6.07) is 0. The average Bonchev–Trinajstić information content (AvgIpc) is 2.98. The Morgan fingerprint density at radius 1 is 0.447 bits per heavy atom. The van der Waals surface area contributed by atoms with Crippen LogP contribution in [-0.2, 0) is 42.7 Å². The molecule has 0 aromatic rings. The van der Waals surface area contributed by atoms with Crippen molar-refractivity contribution in [1.29, 1.82) is 0 Å². The van der Waals surface area contributed by atoms with E-state index in [9.17, 15) is 4.79 Å². The lowest BCUT2D eigenvalue weighted by molar-refractivity contribution is -0.120. The second-order valence-corrected chi connectivity index (χ2v) is 6.76. The lowest BCUT2D eigenvalue weighted by Gasteiger charge is -2.08. The summed E-state index contributed by atoms with van der Waals surface area (Å²) in [5, 5.41) is 2.62. The van der Waals surface area contributed by atoms with Crippen LogP contribution in [-0.4, -0.2) is 119 Å². The summed E-state index contributed by atoms with van der Waals surface area (Å²) in [5.74, 6) is 0.0933. The van der Waals surface area contributed by atoms with Gasteiger partial charge in [0.2, 0.25) is 5.91 Å². The standard InChI is InChI=1S/C22H45NO9.3C2H6/c1-23-22(24)6-4-3-5-7-26-10-11-28-14-15-30-18-19-32-21-20-31-17-16-29-13-12-27-9-8-25-2;3*1-2/h3-21H2,1-2H3,(H,23,24);3*1-2H3. The fourth-order valence-electron chi connectivity index (χ4n) is 2.36. The number of nitrogens with one attached hydrogen (secondary N) is 1. The molecule has 0 aromatic carbocycles. The van der Waals surface area contributed by atoms with E-state index in [1.807, 2.05) is 41.5 Å². The number of hydrogen-bond donors (Lipinski definition) is 1. The number of amides is 1. The van der Waals surface area contributed by atoms with Crippen LogP contribution < -0.4 is 5.32 Å². The molecule has 10 heteroatoms. The van der Waals surface area contributed by atoms with Crippen LogP contribution in [0, 0.1) is 0 Å². The summed E-state index contributed by atoms with van der Waals surface area (Å²) in [6.45, 7) is 20.4. The van der Waals surface area contributed by atoms with E-state index in [0.717, 1.165) is 19.3 Å². The molecule has 0 spiro atoms. The van der Waals surface area contributed by atoms with Gasteiger partial charge in [-0.25, -0.2) is 0 Å². The Morgan fingerprint density at radius 2 is 0.737 bits per heavy atom. The Hall–Kier alpha value is -0.850. The van der Waals surface area contributed by atoms with Crippen LogP contribution in [0.4, 0.5) is 0 Å². The molecule has 1 N–H and O–H groups in total. The van der Waals surface area contributed by atoms with Crippen molar-refractivity contribution in [2.75, 3.05) is 113 Å². The van der Waals surface area contributed by atoms with Crippen LogP contribution in [0.2, 0.25) is 0 Å². The Labute approximate surface area is 234 Å². The zero-order valence-corrected chi connectivity index (χ0v) is 26.1. The molecular formula is C28H63NO9. The van der Waals surface area contributed by atoms with Gasteiger partial charge >= 0.3 is 0 Å². The molecule has 234 valence electrons. The predicted molar refractivity (Wildman–Crippen MR) is 154 cm³/mol. The molecule has 0 saturated heterocycles. The van der Waals surface area contributed by atoms with Crippen molar-refractivity contribution in [1.82, 2.24) is 5.32 Å². The predicted octanol–water partition coefficient (Wildman–Crippen LogP) is 4.13. The van der Waals surface area contributed by atoms with Gasteiger partial charge in [0.1, 0.15) is 0 Å². The van der Waals surface area contributed by atoms with E-state index in [-0.39, 0.29) is 5.91 Å². The highest BCUT2D eigenvalue weighted by Crippen LogP contribution is 1.99. The molecule has 0 aromatic heterocycles. The summed E-state index contributed by atoms with van der Waals surface area (Å²) in [6.07, 6.45) is 3.44. The number of rotatable bonds is 27. The van der Waals surface area contributed by atoms with Crippen LogP contribution in [0.1, 0.15) is 67.2 Å². The van der Waals surface area contributed by atoms with Crippen molar-refractivity contribution < 1.29 is 42.7 Å². The molecule has 1 amide bonds. The summed E-state index contributed by atoms with van der Waals surface area (Å²) in [7, 11) is 3.30. The van der Waals surface area contributed by atoms with Gasteiger partial charge in [0.15, 0.2) is 0 Å². The van der Waals surface area contributed by atoms with Crippen molar-refractivity contribution >= 4 is 5.91 Å². The number of unbranched alkanes of at least 4 members (excludes halogenated alkanes) is 2. The first-order chi connectivity index (χ1) is 18.8. The normalized spacial score (nSPS) is 9.89. The average molecular weight is 558 g/mol. The summed E-state index contributed by atoms with van der Waals surface area (Å²) < 4.78 is 42.7. The van der Waals surface area contributed by atoms with Crippen molar-refractivity contribution in [3.8, 4) is 0 Å². The summed E-state index contributed by atoms with van der Waals surface area (Å²) in [4.78, 5) is 11.1. The minimum Gasteiger partial charge on any atom is -0.382 e. The highest BCUT2D eigenvalue weighted by atomic mass is 16.6. The van der Waals surface area contributed by atoms with Crippen LogP contribution in [0.25, 0.3) is 0 Å². The van der Waals surface area contributed by atoms with Crippen LogP contribution >= 0.6 is 0 Å². The lowest BCUT2D eigenvalue weighted by atomic mass is 10.2. The minimum atomic E-state index is 0.0933. The molecule has 38 heavy (non-hydrogen) atoms. The topological polar surface area (TPSA) is 103 Å². The molecule has 0 aliphatic carbocycles. The minimum absolute atomic E-state index is 0.0933. The van der Waals surface area contributed by atoms with Crippen LogP contribution in [0.3, 0.4) is 0 Å². The molecule has 10 nitrogen and oxygen atoms in total. The molecule has 0 fully saturated rings. The van der Waals surface area contributed by atoms with E-state index >= 15 is 0 Å². The van der Waals surface area contributed by atoms with E-state index in [0.29, 0.717) is 106 Å². The molecule has 0 heterocycles. The van der Waals surface area contributed by atoms with Crippen LogP contribution in [0.15, 0.2) is 0 Å². The highest BCUT2D eigenvalue weighted by molar-refractivity contribution is 5.75. The van der Waals surface area contributed by atoms with Gasteiger partial charge in [0.25, 0.3) is 0 Å². The highest BCUT2D eigenvalue weighted by Gasteiger charge is 1.98. The Balaban J connectivity index is -0.000000892. The smallest absolute Gasteiger partial charge is 0.219 e. The SMILES string of the molecule is CC.CC.CC.CNC(=O)CCCCCOCCOCCOCCOCCOCCOCCOCCOC. The third-order valence-corrected chi connectivity index (χ3v) is 4.14. The van der Waals surface area contributed by atoms with Gasteiger partial charge in [-0.05, 0) is 12.8 Å². The fourth-order valence-corrected chi connectivity index (χ4v) is 2.36. The first-order valence-electron chi connectivity index (χ1n) is 14.5. The maximum absolute atomic E-state index is 11.1. The number of hydrogen-bond acceptors (Lipinski definition) is 9. The molecule has 0 saturated carbocycles. The van der Waals surface area contributed by atoms with E-state index in [4.69, 9.17) is 37.9 Å². The van der Waals surface area contributed by atoms with Gasteiger partial charge in [-0.1, -0.05) is 48.0 Å². The third kappa shape index (κ3) is 48.2. The van der Waals surface area contributed by atoms with E-state index in [2.05, 4.69) is 5.32 Å². The monoisotopic (exact) mass is 557 g/mol. The molecule has 0 aliphatic rings. The molecule has 0 aliphatic heterocycles. The Morgan fingerprint density at radius 3 is 1.03 bits per heavy atom. The van der Waals surface area contributed by atoms with Crippen molar-refractivity contribution in [3.63, 3.8) is 0 Å². The van der Waals surface area contributed by atoms with E-state index in [1.54, 1.807) is 14.2 Å². The van der Waals surface area contributed by atoms with Crippen molar-refractivity contribution in [2.24, 2.45) is 0 Å². The van der Waals surface area contributed by atoms with Gasteiger partial charge in [-0.15, -0.1) is 0 Å². The first-order valence-corrected chi connectivity index (χ1v) is 14.5. The molecule has 0 bridgehead atoms. The lowest BCUT2D eigenvalue weighted by Crippen LogP contribution is -2.17. The zero-order chi connectivity index (χ0) is 29.4. The zero-order valence-electron chi connectivity index (χ0n) is 26.1. The second-order valence-electron chi connectivity index (χ2n) is 6.76. The first kappa shape index (κ1) is 44.2. The Bertz CT molecular complexity index is 378. The van der Waals surface area contributed by atoms with E-state index < -0.39 is 0 Å². The second kappa shape index (κ2) is 49.1. The molecular weight excluding hydrogens is 494 g/mol. The van der Waals surface area contributed by atoms with Gasteiger partial charge in [-0.2, -0.15) is 0 Å². The molecule has 0 atom stereocenters.